The quantitative estimate of drug-likeness (QED) is 0.775. The van der Waals surface area contributed by atoms with E-state index in [2.05, 4.69) is 20.8 Å². The first-order valence-corrected chi connectivity index (χ1v) is 7.73. The number of rotatable bonds is 1. The van der Waals surface area contributed by atoms with Gasteiger partial charge in [-0.2, -0.15) is 0 Å². The highest BCUT2D eigenvalue weighted by Crippen LogP contribution is 2.50. The van der Waals surface area contributed by atoms with Crippen molar-refractivity contribution >= 4 is 5.78 Å². The molecule has 1 fully saturated rings. The van der Waals surface area contributed by atoms with E-state index in [1.807, 2.05) is 12.1 Å². The van der Waals surface area contributed by atoms with Gasteiger partial charge in [0, 0.05) is 0 Å². The van der Waals surface area contributed by atoms with Gasteiger partial charge in [0.1, 0.15) is 17.1 Å². The zero-order valence-corrected chi connectivity index (χ0v) is 13.4. The molecule has 0 saturated heterocycles. The average molecular weight is 288 g/mol. The molecule has 2 atom stereocenters. The Morgan fingerprint density at radius 2 is 2.05 bits per heavy atom. The summed E-state index contributed by atoms with van der Waals surface area (Å²) < 4.78 is 11.6. The third-order valence-electron chi connectivity index (χ3n) is 4.72. The minimum absolute atomic E-state index is 0.181. The molecule has 0 amide bonds. The van der Waals surface area contributed by atoms with Crippen molar-refractivity contribution in [2.75, 3.05) is 7.11 Å². The van der Waals surface area contributed by atoms with Gasteiger partial charge in [-0.15, -0.1) is 0 Å². The number of hydrogen-bond donors (Lipinski definition) is 0. The molecule has 3 rings (SSSR count). The zero-order chi connectivity index (χ0) is 15.3. The van der Waals surface area contributed by atoms with Gasteiger partial charge in [-0.1, -0.05) is 20.8 Å². The Balaban J connectivity index is 1.96. The van der Waals surface area contributed by atoms with Crippen molar-refractivity contribution < 1.29 is 14.3 Å². The van der Waals surface area contributed by atoms with E-state index in [1.54, 1.807) is 13.2 Å². The second-order valence-corrected chi connectivity index (χ2v) is 7.60. The van der Waals surface area contributed by atoms with Crippen LogP contribution in [0.1, 0.15) is 56.8 Å². The fourth-order valence-corrected chi connectivity index (χ4v) is 4.48. The molecule has 1 spiro atoms. The maximum Gasteiger partial charge on any atom is 0.170 e. The Bertz CT molecular complexity index is 576. The molecule has 3 heteroatoms. The second kappa shape index (κ2) is 4.75. The molecule has 1 aromatic carbocycles. The monoisotopic (exact) mass is 288 g/mol. The minimum Gasteiger partial charge on any atom is -0.497 e. The number of carbonyl (C=O) groups excluding carboxylic acids is 1. The maximum atomic E-state index is 12.6. The fourth-order valence-electron chi connectivity index (χ4n) is 4.48. The van der Waals surface area contributed by atoms with Gasteiger partial charge in [-0.05, 0) is 48.8 Å². The van der Waals surface area contributed by atoms with Gasteiger partial charge < -0.3 is 9.47 Å². The molecule has 2 aliphatic rings. The molecule has 0 N–H and O–H groups in total. The Morgan fingerprint density at radius 1 is 1.29 bits per heavy atom. The van der Waals surface area contributed by atoms with Crippen LogP contribution in [0.15, 0.2) is 18.2 Å². The molecule has 2 unspecified atom stereocenters. The van der Waals surface area contributed by atoms with Crippen molar-refractivity contribution in [3.05, 3.63) is 23.8 Å². The fraction of sp³-hybridized carbons (Fsp3) is 0.611. The number of Topliss-reactive ketones (excluding diaryl/α,β-unsaturated/α-hetero) is 1. The summed E-state index contributed by atoms with van der Waals surface area (Å²) in [6.07, 6.45) is 3.60. The molecular formula is C18H24O3. The van der Waals surface area contributed by atoms with Gasteiger partial charge in [0.15, 0.2) is 5.78 Å². The third kappa shape index (κ3) is 2.66. The van der Waals surface area contributed by atoms with Gasteiger partial charge in [-0.3, -0.25) is 4.79 Å². The van der Waals surface area contributed by atoms with Gasteiger partial charge in [0.05, 0.1) is 19.1 Å². The molecule has 0 radical (unpaired) electrons. The summed E-state index contributed by atoms with van der Waals surface area (Å²) >= 11 is 0. The standard InChI is InChI=1S/C18H24O3/c1-12-8-17(2,3)11-18(9-12)10-15(19)14-7-13(20-4)5-6-16(14)21-18/h5-7,12H,8-11H2,1-4H3. The highest BCUT2D eigenvalue weighted by atomic mass is 16.5. The lowest BCUT2D eigenvalue weighted by Gasteiger charge is -2.49. The van der Waals surface area contributed by atoms with Gasteiger partial charge in [0.2, 0.25) is 0 Å². The van der Waals surface area contributed by atoms with Gasteiger partial charge >= 0.3 is 0 Å². The van der Waals surface area contributed by atoms with Crippen LogP contribution in [0, 0.1) is 11.3 Å². The predicted molar refractivity (Wildman–Crippen MR) is 82.1 cm³/mol. The van der Waals surface area contributed by atoms with E-state index in [-0.39, 0.29) is 16.8 Å². The number of hydrogen-bond acceptors (Lipinski definition) is 3. The van der Waals surface area contributed by atoms with Crippen LogP contribution in [0.25, 0.3) is 0 Å². The van der Waals surface area contributed by atoms with Crippen molar-refractivity contribution in [2.45, 2.75) is 52.1 Å². The third-order valence-corrected chi connectivity index (χ3v) is 4.72. The molecule has 1 aliphatic heterocycles. The number of ketones is 1. The SMILES string of the molecule is COc1ccc2c(c1)C(=O)CC1(CC(C)CC(C)(C)C1)O2. The molecule has 1 aromatic rings. The highest BCUT2D eigenvalue weighted by Gasteiger charge is 2.48. The molecule has 0 bridgehead atoms. The van der Waals surface area contributed by atoms with E-state index in [4.69, 9.17) is 9.47 Å². The second-order valence-electron chi connectivity index (χ2n) is 7.60. The van der Waals surface area contributed by atoms with Crippen LogP contribution in [0.3, 0.4) is 0 Å². The molecule has 3 nitrogen and oxygen atoms in total. The molecule has 1 aliphatic carbocycles. The van der Waals surface area contributed by atoms with Crippen LogP contribution >= 0.6 is 0 Å². The lowest BCUT2D eigenvalue weighted by molar-refractivity contribution is -0.0436. The lowest BCUT2D eigenvalue weighted by Crippen LogP contribution is -2.50. The average Bonchev–Trinajstić information content (AvgIpc) is 2.35. The molecule has 114 valence electrons. The summed E-state index contributed by atoms with van der Waals surface area (Å²) in [6, 6.07) is 5.53. The van der Waals surface area contributed by atoms with E-state index in [1.165, 1.54) is 6.42 Å². The molecular weight excluding hydrogens is 264 g/mol. The van der Waals surface area contributed by atoms with E-state index in [0.29, 0.717) is 23.7 Å². The summed E-state index contributed by atoms with van der Waals surface area (Å²) in [6.45, 7) is 6.82. The van der Waals surface area contributed by atoms with Crippen molar-refractivity contribution in [1.82, 2.24) is 0 Å². The van der Waals surface area contributed by atoms with Crippen LogP contribution in [0.2, 0.25) is 0 Å². The summed E-state index contributed by atoms with van der Waals surface area (Å²) in [7, 11) is 1.61. The minimum atomic E-state index is -0.320. The van der Waals surface area contributed by atoms with E-state index >= 15 is 0 Å². The van der Waals surface area contributed by atoms with Crippen molar-refractivity contribution in [1.29, 1.82) is 0 Å². The largest absolute Gasteiger partial charge is 0.497 e. The molecule has 21 heavy (non-hydrogen) atoms. The lowest BCUT2D eigenvalue weighted by atomic mass is 9.63. The normalized spacial score (nSPS) is 30.7. The maximum absolute atomic E-state index is 12.6. The molecule has 0 aromatic heterocycles. The number of carbonyl (C=O) groups is 1. The Kier molecular flexibility index (Phi) is 3.27. The summed E-state index contributed by atoms with van der Waals surface area (Å²) in [5.41, 5.74) is 0.567. The van der Waals surface area contributed by atoms with E-state index in [9.17, 15) is 4.79 Å². The Hall–Kier alpha value is -1.51. The van der Waals surface area contributed by atoms with E-state index in [0.717, 1.165) is 18.6 Å². The van der Waals surface area contributed by atoms with Gasteiger partial charge in [-0.25, -0.2) is 0 Å². The van der Waals surface area contributed by atoms with Crippen molar-refractivity contribution in [2.24, 2.45) is 11.3 Å². The van der Waals surface area contributed by atoms with Crippen LogP contribution in [0.4, 0.5) is 0 Å². The van der Waals surface area contributed by atoms with Crippen molar-refractivity contribution in [3.63, 3.8) is 0 Å². The summed E-state index contributed by atoms with van der Waals surface area (Å²) in [5.74, 6) is 2.19. The number of benzene rings is 1. The number of methoxy groups -OCH3 is 1. The predicted octanol–water partition coefficient (Wildman–Crippen LogP) is 4.25. The summed E-state index contributed by atoms with van der Waals surface area (Å²) in [4.78, 5) is 12.6. The Morgan fingerprint density at radius 3 is 2.71 bits per heavy atom. The topological polar surface area (TPSA) is 35.5 Å². The van der Waals surface area contributed by atoms with Crippen LogP contribution < -0.4 is 9.47 Å². The number of fused-ring (bicyclic) bond motifs is 1. The summed E-state index contributed by atoms with van der Waals surface area (Å²) in [5, 5.41) is 0. The smallest absolute Gasteiger partial charge is 0.170 e. The van der Waals surface area contributed by atoms with Crippen LogP contribution in [-0.2, 0) is 0 Å². The van der Waals surface area contributed by atoms with Crippen LogP contribution in [-0.4, -0.2) is 18.5 Å². The van der Waals surface area contributed by atoms with Crippen molar-refractivity contribution in [3.8, 4) is 11.5 Å². The first kappa shape index (κ1) is 14.4. The first-order valence-electron chi connectivity index (χ1n) is 7.73. The first-order chi connectivity index (χ1) is 9.82. The molecule has 1 saturated carbocycles. The number of ether oxygens (including phenoxy) is 2. The van der Waals surface area contributed by atoms with E-state index < -0.39 is 0 Å². The zero-order valence-electron chi connectivity index (χ0n) is 13.4. The molecule has 1 heterocycles. The van der Waals surface area contributed by atoms with Gasteiger partial charge in [0.25, 0.3) is 0 Å². The Labute approximate surface area is 126 Å². The van der Waals surface area contributed by atoms with Crippen LogP contribution in [0.5, 0.6) is 11.5 Å². The highest BCUT2D eigenvalue weighted by molar-refractivity contribution is 6.00.